The molecule has 1 aromatic rings. The molecule has 0 saturated carbocycles. The van der Waals surface area contributed by atoms with E-state index in [4.69, 9.17) is 0 Å². The van der Waals surface area contributed by atoms with Crippen LogP contribution in [0.1, 0.15) is 11.8 Å². The zero-order valence-corrected chi connectivity index (χ0v) is 7.96. The van der Waals surface area contributed by atoms with Gasteiger partial charge in [-0.25, -0.2) is 0 Å². The van der Waals surface area contributed by atoms with Crippen molar-refractivity contribution in [1.29, 1.82) is 0 Å². The van der Waals surface area contributed by atoms with Crippen molar-refractivity contribution in [3.63, 3.8) is 0 Å². The van der Waals surface area contributed by atoms with Gasteiger partial charge in [0.25, 0.3) is 0 Å². The van der Waals surface area contributed by atoms with E-state index in [1.165, 1.54) is 14.6 Å². The van der Waals surface area contributed by atoms with Gasteiger partial charge in [-0.05, 0) is 25.1 Å². The fourth-order valence-electron chi connectivity index (χ4n) is 1.02. The second kappa shape index (κ2) is 3.58. The summed E-state index contributed by atoms with van der Waals surface area (Å²) in [5, 5.41) is 4.36. The van der Waals surface area contributed by atoms with E-state index in [0.717, 1.165) is 0 Å². The zero-order valence-electron chi connectivity index (χ0n) is 7.14. The zero-order chi connectivity index (χ0) is 8.27. The minimum atomic E-state index is 1.31. The van der Waals surface area contributed by atoms with Crippen molar-refractivity contribution in [2.45, 2.75) is 13.8 Å². The summed E-state index contributed by atoms with van der Waals surface area (Å²) in [4.78, 5) is 1.36. The molecule has 60 valence electrons. The lowest BCUT2D eigenvalue weighted by Crippen LogP contribution is -2.19. The summed E-state index contributed by atoms with van der Waals surface area (Å²) in [6, 6.07) is 2.20. The summed E-state index contributed by atoms with van der Waals surface area (Å²) in [6.45, 7) is 4.19. The number of aryl methyl sites for hydroxylation is 1. The summed E-state index contributed by atoms with van der Waals surface area (Å²) in [5.74, 6) is 0. The van der Waals surface area contributed by atoms with Crippen molar-refractivity contribution in [3.8, 4) is 0 Å². The molecule has 0 aliphatic heterocycles. The summed E-state index contributed by atoms with van der Waals surface area (Å²) in [7, 11) is 1.93. The van der Waals surface area contributed by atoms with Crippen LogP contribution in [0.4, 0.5) is 0 Å². The Hall–Kier alpha value is -0.760. The van der Waals surface area contributed by atoms with E-state index < -0.39 is 0 Å². The molecule has 1 rings (SSSR count). The van der Waals surface area contributed by atoms with Gasteiger partial charge in [-0.15, -0.1) is 11.3 Å². The Morgan fingerprint density at radius 2 is 2.27 bits per heavy atom. The Labute approximate surface area is 71.1 Å². The summed E-state index contributed by atoms with van der Waals surface area (Å²) in [6.07, 6.45) is 4.17. The Morgan fingerprint density at radius 3 is 2.82 bits per heavy atom. The SMILES string of the molecule is C/C=c1/cc(C)s/c1=C/NC. The van der Waals surface area contributed by atoms with E-state index in [-0.39, 0.29) is 0 Å². The summed E-state index contributed by atoms with van der Waals surface area (Å²) >= 11 is 1.81. The van der Waals surface area contributed by atoms with Gasteiger partial charge in [0.05, 0.1) is 0 Å². The average Bonchev–Trinajstić information content (AvgIpc) is 2.32. The predicted molar refractivity (Wildman–Crippen MR) is 52.0 cm³/mol. The highest BCUT2D eigenvalue weighted by molar-refractivity contribution is 7.09. The fraction of sp³-hybridized carbons (Fsp3) is 0.333. The number of thiophene rings is 1. The Morgan fingerprint density at radius 1 is 1.55 bits per heavy atom. The first-order valence-corrected chi connectivity index (χ1v) is 4.50. The van der Waals surface area contributed by atoms with Crippen LogP contribution in [0, 0.1) is 6.92 Å². The molecule has 0 aliphatic carbocycles. The van der Waals surface area contributed by atoms with Crippen LogP contribution in [-0.4, -0.2) is 7.05 Å². The normalized spacial score (nSPS) is 14.1. The maximum atomic E-state index is 3.04. The van der Waals surface area contributed by atoms with Crippen molar-refractivity contribution >= 4 is 23.6 Å². The first-order chi connectivity index (χ1) is 5.27. The first-order valence-electron chi connectivity index (χ1n) is 3.68. The van der Waals surface area contributed by atoms with E-state index >= 15 is 0 Å². The monoisotopic (exact) mass is 167 g/mol. The molecule has 0 radical (unpaired) electrons. The van der Waals surface area contributed by atoms with Crippen LogP contribution in [0.5, 0.6) is 0 Å². The highest BCUT2D eigenvalue weighted by Gasteiger charge is 1.89. The average molecular weight is 167 g/mol. The van der Waals surface area contributed by atoms with Gasteiger partial charge < -0.3 is 5.32 Å². The number of rotatable bonds is 1. The molecule has 0 amide bonds. The van der Waals surface area contributed by atoms with Crippen LogP contribution in [0.2, 0.25) is 0 Å². The summed E-state index contributed by atoms with van der Waals surface area (Å²) < 4.78 is 1.31. The van der Waals surface area contributed by atoms with Crippen LogP contribution < -0.4 is 15.1 Å². The molecule has 0 bridgehead atoms. The lowest BCUT2D eigenvalue weighted by molar-refractivity contribution is 1.18. The van der Waals surface area contributed by atoms with Crippen molar-refractivity contribution in [3.05, 3.63) is 20.7 Å². The van der Waals surface area contributed by atoms with Gasteiger partial charge in [0, 0.05) is 22.7 Å². The Kier molecular flexibility index (Phi) is 2.71. The molecule has 0 saturated heterocycles. The largest absolute Gasteiger partial charge is 0.393 e. The minimum Gasteiger partial charge on any atom is -0.393 e. The van der Waals surface area contributed by atoms with Gasteiger partial charge >= 0.3 is 0 Å². The lowest BCUT2D eigenvalue weighted by Gasteiger charge is -1.81. The quantitative estimate of drug-likeness (QED) is 0.653. The smallest absolute Gasteiger partial charge is 0.0498 e. The van der Waals surface area contributed by atoms with Gasteiger partial charge in [-0.2, -0.15) is 0 Å². The maximum absolute atomic E-state index is 3.04. The number of nitrogens with one attached hydrogen (secondary N) is 1. The molecule has 0 aromatic carbocycles. The topological polar surface area (TPSA) is 12.0 Å². The predicted octanol–water partition coefficient (Wildman–Crippen LogP) is 0.814. The Balaban J connectivity index is 3.36. The molecule has 11 heavy (non-hydrogen) atoms. The maximum Gasteiger partial charge on any atom is 0.0498 e. The minimum absolute atomic E-state index is 1.31. The van der Waals surface area contributed by atoms with Crippen molar-refractivity contribution < 1.29 is 0 Å². The molecule has 0 unspecified atom stereocenters. The van der Waals surface area contributed by atoms with Crippen LogP contribution in [-0.2, 0) is 0 Å². The molecule has 1 N–H and O–H groups in total. The molecule has 0 fully saturated rings. The van der Waals surface area contributed by atoms with Crippen LogP contribution >= 0.6 is 11.3 Å². The number of hydrogen-bond donors (Lipinski definition) is 1. The second-order valence-electron chi connectivity index (χ2n) is 2.40. The van der Waals surface area contributed by atoms with Gasteiger partial charge in [0.2, 0.25) is 0 Å². The van der Waals surface area contributed by atoms with Gasteiger partial charge in [0.15, 0.2) is 0 Å². The third-order valence-electron chi connectivity index (χ3n) is 1.50. The second-order valence-corrected chi connectivity index (χ2v) is 3.69. The third kappa shape index (κ3) is 1.84. The van der Waals surface area contributed by atoms with E-state index in [0.29, 0.717) is 0 Å². The molecular formula is C9H13NS. The third-order valence-corrected chi connectivity index (χ3v) is 2.51. The van der Waals surface area contributed by atoms with E-state index in [1.54, 1.807) is 0 Å². The molecular weight excluding hydrogens is 154 g/mol. The van der Waals surface area contributed by atoms with Gasteiger partial charge in [-0.3, -0.25) is 0 Å². The lowest BCUT2D eigenvalue weighted by atomic mass is 10.4. The molecule has 1 nitrogen and oxygen atoms in total. The number of hydrogen-bond acceptors (Lipinski definition) is 2. The molecule has 0 spiro atoms. The highest BCUT2D eigenvalue weighted by atomic mass is 32.1. The van der Waals surface area contributed by atoms with E-state index in [2.05, 4.69) is 31.3 Å². The fourth-order valence-corrected chi connectivity index (χ4v) is 2.03. The van der Waals surface area contributed by atoms with Crippen molar-refractivity contribution in [1.82, 2.24) is 5.32 Å². The molecule has 1 heterocycles. The Bertz CT molecular complexity index is 335. The summed E-state index contributed by atoms with van der Waals surface area (Å²) in [5.41, 5.74) is 0. The van der Waals surface area contributed by atoms with E-state index in [9.17, 15) is 0 Å². The van der Waals surface area contributed by atoms with Crippen LogP contribution in [0.15, 0.2) is 6.07 Å². The van der Waals surface area contributed by atoms with Crippen molar-refractivity contribution in [2.75, 3.05) is 7.05 Å². The van der Waals surface area contributed by atoms with Gasteiger partial charge in [0.1, 0.15) is 0 Å². The first kappa shape index (κ1) is 8.34. The van der Waals surface area contributed by atoms with Crippen LogP contribution in [0.3, 0.4) is 0 Å². The highest BCUT2D eigenvalue weighted by Crippen LogP contribution is 1.94. The standard InChI is InChI=1S/C9H13NS/c1-4-8-5-7(2)11-9(8)6-10-3/h4-6,10H,1-3H3/b8-4-,9-6+. The molecule has 2 heteroatoms. The van der Waals surface area contributed by atoms with E-state index in [1.807, 2.05) is 24.6 Å². The molecule has 0 atom stereocenters. The molecule has 1 aromatic heterocycles. The molecule has 0 aliphatic rings. The van der Waals surface area contributed by atoms with Crippen molar-refractivity contribution in [2.24, 2.45) is 0 Å². The van der Waals surface area contributed by atoms with Gasteiger partial charge in [-0.1, -0.05) is 6.08 Å². The van der Waals surface area contributed by atoms with Crippen LogP contribution in [0.25, 0.3) is 12.3 Å².